The summed E-state index contributed by atoms with van der Waals surface area (Å²) in [5, 5.41) is 7.40. The molecule has 0 fully saturated rings. The lowest BCUT2D eigenvalue weighted by atomic mass is 10.1. The largest absolute Gasteiger partial charge is 0.365 e. The van der Waals surface area contributed by atoms with Gasteiger partial charge in [-0.1, -0.05) is 19.1 Å². The molecule has 0 bridgehead atoms. The van der Waals surface area contributed by atoms with E-state index in [9.17, 15) is 4.79 Å². The Morgan fingerprint density at radius 2 is 2.14 bits per heavy atom. The van der Waals surface area contributed by atoms with Crippen LogP contribution in [0.4, 0.5) is 11.4 Å². The Balaban J connectivity index is 1.96. The molecule has 5 heteroatoms. The Hall–Kier alpha value is -2.30. The van der Waals surface area contributed by atoms with Crippen LogP contribution < -0.4 is 10.2 Å². The second-order valence-electron chi connectivity index (χ2n) is 5.70. The van der Waals surface area contributed by atoms with Crippen LogP contribution in [0.2, 0.25) is 0 Å². The van der Waals surface area contributed by atoms with Crippen molar-refractivity contribution in [1.82, 2.24) is 9.78 Å². The third kappa shape index (κ3) is 2.63. The van der Waals surface area contributed by atoms with Crippen LogP contribution in [0.25, 0.3) is 0 Å². The Morgan fingerprint density at radius 1 is 1.38 bits per heavy atom. The molecule has 2 aromatic rings. The summed E-state index contributed by atoms with van der Waals surface area (Å²) < 4.78 is 1.83. The third-order valence-corrected chi connectivity index (χ3v) is 3.92. The molecule has 1 aliphatic heterocycles. The number of aromatic nitrogens is 2. The van der Waals surface area contributed by atoms with Crippen LogP contribution in [0.5, 0.6) is 0 Å². The molecule has 0 spiro atoms. The minimum atomic E-state index is -0.0469. The van der Waals surface area contributed by atoms with Crippen molar-refractivity contribution in [2.24, 2.45) is 13.0 Å². The monoisotopic (exact) mass is 284 g/mol. The van der Waals surface area contributed by atoms with Gasteiger partial charge in [0, 0.05) is 31.9 Å². The predicted octanol–water partition coefficient (Wildman–Crippen LogP) is 2.32. The molecule has 3 rings (SSSR count). The van der Waals surface area contributed by atoms with E-state index in [1.807, 2.05) is 50.0 Å². The summed E-state index contributed by atoms with van der Waals surface area (Å²) >= 11 is 0. The summed E-state index contributed by atoms with van der Waals surface area (Å²) in [7, 11) is 1.93. The second kappa shape index (κ2) is 5.24. The first-order valence-electron chi connectivity index (χ1n) is 7.18. The first-order chi connectivity index (χ1) is 10.0. The van der Waals surface area contributed by atoms with Gasteiger partial charge in [0.05, 0.1) is 23.0 Å². The number of hydrogen-bond acceptors (Lipinski definition) is 3. The van der Waals surface area contributed by atoms with Crippen LogP contribution in [0.15, 0.2) is 30.5 Å². The summed E-state index contributed by atoms with van der Waals surface area (Å²) in [6.45, 7) is 5.45. The van der Waals surface area contributed by atoms with Gasteiger partial charge >= 0.3 is 0 Å². The third-order valence-electron chi connectivity index (χ3n) is 3.92. The number of carbonyl (C=O) groups is 1. The number of rotatable bonds is 2. The average molecular weight is 284 g/mol. The van der Waals surface area contributed by atoms with Gasteiger partial charge in [-0.15, -0.1) is 0 Å². The van der Waals surface area contributed by atoms with E-state index >= 15 is 0 Å². The smallest absolute Gasteiger partial charge is 0.229 e. The molecule has 21 heavy (non-hydrogen) atoms. The number of anilines is 2. The normalized spacial score (nSPS) is 18.1. The maximum absolute atomic E-state index is 12.1. The van der Waals surface area contributed by atoms with Crippen molar-refractivity contribution in [3.05, 3.63) is 41.7 Å². The minimum Gasteiger partial charge on any atom is -0.365 e. The fraction of sp³-hybridized carbons (Fsp3) is 0.375. The average Bonchev–Trinajstić information content (AvgIpc) is 2.70. The molecule has 1 atom stereocenters. The highest BCUT2D eigenvalue weighted by Gasteiger charge is 2.25. The zero-order valence-electron chi connectivity index (χ0n) is 12.6. The number of hydrogen-bond donors (Lipinski definition) is 1. The first-order valence-corrected chi connectivity index (χ1v) is 7.18. The molecule has 0 radical (unpaired) electrons. The molecule has 1 aromatic heterocycles. The lowest BCUT2D eigenvalue weighted by Crippen LogP contribution is -2.30. The van der Waals surface area contributed by atoms with Gasteiger partial charge < -0.3 is 10.2 Å². The van der Waals surface area contributed by atoms with Crippen molar-refractivity contribution in [2.75, 3.05) is 16.8 Å². The predicted molar refractivity (Wildman–Crippen MR) is 83.2 cm³/mol. The highest BCUT2D eigenvalue weighted by Crippen LogP contribution is 2.31. The van der Waals surface area contributed by atoms with E-state index in [0.717, 1.165) is 23.6 Å². The molecule has 5 nitrogen and oxygen atoms in total. The van der Waals surface area contributed by atoms with Crippen molar-refractivity contribution in [3.8, 4) is 0 Å². The van der Waals surface area contributed by atoms with Crippen LogP contribution in [0, 0.1) is 12.8 Å². The standard InChI is InChI=1S/C16H20N4O/c1-11-8-20(10-13-9-19(3)18-12(13)2)15-7-5-4-6-14(15)17-16(11)21/h4-7,9,11H,8,10H2,1-3H3,(H,17,21). The number of aryl methyl sites for hydroxylation is 2. The van der Waals surface area contributed by atoms with E-state index < -0.39 is 0 Å². The zero-order valence-corrected chi connectivity index (χ0v) is 12.6. The van der Waals surface area contributed by atoms with Crippen molar-refractivity contribution < 1.29 is 4.79 Å². The van der Waals surface area contributed by atoms with Crippen LogP contribution >= 0.6 is 0 Å². The molecule has 1 N–H and O–H groups in total. The van der Waals surface area contributed by atoms with Gasteiger partial charge in [-0.05, 0) is 19.1 Å². The summed E-state index contributed by atoms with van der Waals surface area (Å²) in [6.07, 6.45) is 2.04. The Bertz CT molecular complexity index is 677. The fourth-order valence-electron chi connectivity index (χ4n) is 2.78. The van der Waals surface area contributed by atoms with Gasteiger partial charge in [0.1, 0.15) is 0 Å². The van der Waals surface area contributed by atoms with Gasteiger partial charge in [0.25, 0.3) is 0 Å². The Kier molecular flexibility index (Phi) is 3.41. The molecule has 1 amide bonds. The maximum atomic E-state index is 12.1. The number of para-hydroxylation sites is 2. The van der Waals surface area contributed by atoms with Crippen molar-refractivity contribution >= 4 is 17.3 Å². The first kappa shape index (κ1) is 13.7. The lowest BCUT2D eigenvalue weighted by molar-refractivity contribution is -0.119. The molecule has 0 aliphatic carbocycles. The SMILES string of the molecule is Cc1nn(C)cc1CN1CC(C)C(=O)Nc2ccccc21. The van der Waals surface area contributed by atoms with Crippen molar-refractivity contribution in [3.63, 3.8) is 0 Å². The summed E-state index contributed by atoms with van der Waals surface area (Å²) in [4.78, 5) is 14.3. The van der Waals surface area contributed by atoms with Gasteiger partial charge in [-0.25, -0.2) is 0 Å². The van der Waals surface area contributed by atoms with E-state index in [1.54, 1.807) is 0 Å². The molecule has 0 saturated carbocycles. The fourth-order valence-corrected chi connectivity index (χ4v) is 2.78. The van der Waals surface area contributed by atoms with E-state index in [-0.39, 0.29) is 11.8 Å². The molecule has 0 saturated heterocycles. The van der Waals surface area contributed by atoms with Crippen molar-refractivity contribution in [2.45, 2.75) is 20.4 Å². The Morgan fingerprint density at radius 3 is 2.86 bits per heavy atom. The van der Waals surface area contributed by atoms with Crippen LogP contribution in [0.3, 0.4) is 0 Å². The van der Waals surface area contributed by atoms with Crippen LogP contribution in [-0.4, -0.2) is 22.2 Å². The number of fused-ring (bicyclic) bond motifs is 1. The number of amides is 1. The molecule has 110 valence electrons. The summed E-state index contributed by atoms with van der Waals surface area (Å²) in [6, 6.07) is 7.96. The quantitative estimate of drug-likeness (QED) is 0.920. The molecular formula is C16H20N4O. The maximum Gasteiger partial charge on any atom is 0.229 e. The topological polar surface area (TPSA) is 50.2 Å². The molecule has 1 aromatic carbocycles. The van der Waals surface area contributed by atoms with Gasteiger partial charge in [-0.2, -0.15) is 5.10 Å². The molecule has 2 heterocycles. The zero-order chi connectivity index (χ0) is 15.0. The molecule has 1 aliphatic rings. The minimum absolute atomic E-state index is 0.0469. The van der Waals surface area contributed by atoms with Gasteiger partial charge in [-0.3, -0.25) is 9.48 Å². The highest BCUT2D eigenvalue weighted by molar-refractivity contribution is 5.97. The number of nitrogens with zero attached hydrogens (tertiary/aromatic N) is 3. The lowest BCUT2D eigenvalue weighted by Gasteiger charge is -2.25. The summed E-state index contributed by atoms with van der Waals surface area (Å²) in [5.41, 5.74) is 4.17. The van der Waals surface area contributed by atoms with E-state index in [0.29, 0.717) is 6.54 Å². The molecular weight excluding hydrogens is 264 g/mol. The van der Waals surface area contributed by atoms with Crippen LogP contribution in [0.1, 0.15) is 18.2 Å². The van der Waals surface area contributed by atoms with Crippen LogP contribution in [-0.2, 0) is 18.4 Å². The van der Waals surface area contributed by atoms with Gasteiger partial charge in [0.15, 0.2) is 0 Å². The molecule has 1 unspecified atom stereocenters. The summed E-state index contributed by atoms with van der Waals surface area (Å²) in [5.74, 6) is 0.0298. The number of nitrogens with one attached hydrogen (secondary N) is 1. The highest BCUT2D eigenvalue weighted by atomic mass is 16.1. The second-order valence-corrected chi connectivity index (χ2v) is 5.70. The number of benzene rings is 1. The van der Waals surface area contributed by atoms with E-state index in [1.165, 1.54) is 5.56 Å². The number of carbonyl (C=O) groups excluding carboxylic acids is 1. The van der Waals surface area contributed by atoms with E-state index in [4.69, 9.17) is 0 Å². The van der Waals surface area contributed by atoms with E-state index in [2.05, 4.69) is 21.4 Å². The van der Waals surface area contributed by atoms with Gasteiger partial charge in [0.2, 0.25) is 5.91 Å². The Labute approximate surface area is 124 Å². The van der Waals surface area contributed by atoms with Crippen molar-refractivity contribution in [1.29, 1.82) is 0 Å².